The third kappa shape index (κ3) is 6.98. The first kappa shape index (κ1) is 30.8. The standard InChI is InChI=1S/C28H29F3N4O6S/c1-27(2,3)41-26(37)35-15-19(16-35)40-24-22(7-6-9-33-24)21-8-10-32-14-23(21)34(4)25(36)17-11-18(28(29,30)31)13-20(12-17)42(5,38)39/h6-14,19H,15-16H2,1-5H3. The van der Waals surface area contributed by atoms with Gasteiger partial charge in [0.15, 0.2) is 9.84 Å². The van der Waals surface area contributed by atoms with Crippen molar-refractivity contribution in [1.29, 1.82) is 0 Å². The molecule has 2 aromatic heterocycles. The number of nitrogens with zero attached hydrogens (tertiary/aromatic N) is 4. The summed E-state index contributed by atoms with van der Waals surface area (Å²) < 4.78 is 76.3. The Morgan fingerprint density at radius 3 is 2.36 bits per heavy atom. The van der Waals surface area contributed by atoms with Gasteiger partial charge >= 0.3 is 12.3 Å². The molecule has 42 heavy (non-hydrogen) atoms. The Kier molecular flexibility index (Phi) is 8.22. The third-order valence-corrected chi connectivity index (χ3v) is 7.31. The number of carbonyl (C=O) groups is 2. The lowest BCUT2D eigenvalue weighted by atomic mass is 10.0. The first-order valence-corrected chi connectivity index (χ1v) is 14.6. The number of anilines is 1. The van der Waals surface area contributed by atoms with E-state index in [4.69, 9.17) is 9.47 Å². The van der Waals surface area contributed by atoms with Gasteiger partial charge in [-0.2, -0.15) is 13.2 Å². The van der Waals surface area contributed by atoms with Gasteiger partial charge in [0.05, 0.1) is 35.4 Å². The Hall–Kier alpha value is -4.20. The van der Waals surface area contributed by atoms with Crippen molar-refractivity contribution in [3.05, 3.63) is 66.1 Å². The molecule has 0 atom stereocenters. The SMILES string of the molecule is CN(C(=O)c1cc(C(F)(F)F)cc(S(C)(=O)=O)c1)c1cnccc1-c1cccnc1OC1CN(C(=O)OC(C)(C)C)C1. The molecule has 0 radical (unpaired) electrons. The fourth-order valence-corrected chi connectivity index (χ4v) is 4.80. The van der Waals surface area contributed by atoms with Crippen LogP contribution in [0.5, 0.6) is 5.88 Å². The van der Waals surface area contributed by atoms with Crippen molar-refractivity contribution < 1.29 is 40.7 Å². The maximum atomic E-state index is 13.6. The summed E-state index contributed by atoms with van der Waals surface area (Å²) in [7, 11) is -2.72. The molecule has 0 aliphatic carbocycles. The van der Waals surface area contributed by atoms with Crippen LogP contribution < -0.4 is 9.64 Å². The van der Waals surface area contributed by atoms with Crippen LogP contribution in [0.4, 0.5) is 23.7 Å². The zero-order valence-corrected chi connectivity index (χ0v) is 24.3. The Balaban J connectivity index is 1.62. The van der Waals surface area contributed by atoms with Gasteiger partial charge in [0, 0.05) is 42.4 Å². The number of halogens is 3. The second kappa shape index (κ2) is 11.2. The van der Waals surface area contributed by atoms with Crippen LogP contribution >= 0.6 is 0 Å². The van der Waals surface area contributed by atoms with Crippen molar-refractivity contribution in [2.24, 2.45) is 0 Å². The minimum atomic E-state index is -4.88. The van der Waals surface area contributed by atoms with E-state index in [-0.39, 0.29) is 30.8 Å². The van der Waals surface area contributed by atoms with E-state index in [0.29, 0.717) is 23.3 Å². The van der Waals surface area contributed by atoms with Crippen molar-refractivity contribution >= 4 is 27.5 Å². The van der Waals surface area contributed by atoms with Crippen molar-refractivity contribution in [3.63, 3.8) is 0 Å². The predicted molar refractivity (Wildman–Crippen MR) is 147 cm³/mol. The molecule has 3 aromatic rings. The Labute approximate surface area is 241 Å². The number of amides is 2. The van der Waals surface area contributed by atoms with Crippen molar-refractivity contribution in [3.8, 4) is 17.0 Å². The highest BCUT2D eigenvalue weighted by molar-refractivity contribution is 7.90. The molecule has 2 amide bonds. The van der Waals surface area contributed by atoms with E-state index in [0.717, 1.165) is 17.2 Å². The van der Waals surface area contributed by atoms with Crippen molar-refractivity contribution in [1.82, 2.24) is 14.9 Å². The number of aromatic nitrogens is 2. The van der Waals surface area contributed by atoms with E-state index in [9.17, 15) is 31.2 Å². The molecule has 0 N–H and O–H groups in total. The number of alkyl halides is 3. The molecular formula is C28H29F3N4O6S. The van der Waals surface area contributed by atoms with E-state index in [1.54, 1.807) is 39.0 Å². The highest BCUT2D eigenvalue weighted by Gasteiger charge is 2.36. The molecule has 14 heteroatoms. The Bertz CT molecular complexity index is 1620. The fourth-order valence-electron chi connectivity index (χ4n) is 4.12. The number of rotatable bonds is 6. The summed E-state index contributed by atoms with van der Waals surface area (Å²) in [5, 5.41) is 0. The number of hydrogen-bond donors (Lipinski definition) is 0. The van der Waals surface area contributed by atoms with Gasteiger partial charge in [0.2, 0.25) is 5.88 Å². The van der Waals surface area contributed by atoms with Crippen LogP contribution in [0.2, 0.25) is 0 Å². The van der Waals surface area contributed by atoms with Gasteiger partial charge in [0.1, 0.15) is 11.7 Å². The van der Waals surface area contributed by atoms with Gasteiger partial charge in [-0.3, -0.25) is 9.78 Å². The summed E-state index contributed by atoms with van der Waals surface area (Å²) in [6, 6.07) is 6.93. The predicted octanol–water partition coefficient (Wildman–Crippen LogP) is 4.84. The second-order valence-corrected chi connectivity index (χ2v) is 12.8. The van der Waals surface area contributed by atoms with Crippen LogP contribution in [-0.4, -0.2) is 73.4 Å². The highest BCUT2D eigenvalue weighted by atomic mass is 32.2. The summed E-state index contributed by atoms with van der Waals surface area (Å²) in [5.74, 6) is -0.684. The van der Waals surface area contributed by atoms with Gasteiger partial charge in [0.25, 0.3) is 5.91 Å². The first-order chi connectivity index (χ1) is 19.4. The second-order valence-electron chi connectivity index (χ2n) is 10.8. The molecule has 1 fully saturated rings. The number of ether oxygens (including phenoxy) is 2. The van der Waals surface area contributed by atoms with E-state index in [1.807, 2.05) is 0 Å². The van der Waals surface area contributed by atoms with Crippen LogP contribution in [0.15, 0.2) is 59.9 Å². The number of pyridine rings is 2. The van der Waals surface area contributed by atoms with Gasteiger partial charge in [-0.25, -0.2) is 18.2 Å². The van der Waals surface area contributed by atoms with Gasteiger partial charge < -0.3 is 19.3 Å². The van der Waals surface area contributed by atoms with Gasteiger partial charge in [-0.15, -0.1) is 0 Å². The summed E-state index contributed by atoms with van der Waals surface area (Å²) >= 11 is 0. The molecule has 224 valence electrons. The summed E-state index contributed by atoms with van der Waals surface area (Å²) in [5.41, 5.74) is -1.27. The molecule has 1 saturated heterocycles. The number of benzene rings is 1. The molecule has 3 heterocycles. The third-order valence-electron chi connectivity index (χ3n) is 6.21. The average molecular weight is 607 g/mol. The number of carbonyl (C=O) groups excluding carboxylic acids is 2. The molecule has 0 unspecified atom stereocenters. The molecule has 1 aliphatic rings. The van der Waals surface area contributed by atoms with Crippen LogP contribution in [0, 0.1) is 0 Å². The quantitative estimate of drug-likeness (QED) is 0.391. The van der Waals surface area contributed by atoms with Crippen LogP contribution in [-0.2, 0) is 20.8 Å². The number of sulfone groups is 1. The van der Waals surface area contributed by atoms with E-state index in [1.165, 1.54) is 30.5 Å². The molecule has 0 saturated carbocycles. The van der Waals surface area contributed by atoms with E-state index in [2.05, 4.69) is 9.97 Å². The average Bonchev–Trinajstić information content (AvgIpc) is 2.87. The lowest BCUT2D eigenvalue weighted by molar-refractivity contribution is -0.137. The summed E-state index contributed by atoms with van der Waals surface area (Å²) in [4.78, 5) is 36.0. The minimum absolute atomic E-state index is 0.207. The lowest BCUT2D eigenvalue weighted by Crippen LogP contribution is -2.57. The number of hydrogen-bond acceptors (Lipinski definition) is 8. The maximum absolute atomic E-state index is 13.6. The minimum Gasteiger partial charge on any atom is -0.470 e. The topological polar surface area (TPSA) is 119 Å². The zero-order valence-electron chi connectivity index (χ0n) is 23.5. The Morgan fingerprint density at radius 2 is 1.74 bits per heavy atom. The molecule has 1 aromatic carbocycles. The lowest BCUT2D eigenvalue weighted by Gasteiger charge is -2.39. The summed E-state index contributed by atoms with van der Waals surface area (Å²) in [6.07, 6.45) is -0.636. The first-order valence-electron chi connectivity index (χ1n) is 12.7. The van der Waals surface area contributed by atoms with Gasteiger partial charge in [-0.1, -0.05) is 0 Å². The maximum Gasteiger partial charge on any atom is 0.416 e. The molecule has 1 aliphatic heterocycles. The molecule has 10 nitrogen and oxygen atoms in total. The van der Waals surface area contributed by atoms with Crippen LogP contribution in [0.1, 0.15) is 36.7 Å². The molecule has 0 bridgehead atoms. The van der Waals surface area contributed by atoms with Crippen LogP contribution in [0.3, 0.4) is 0 Å². The molecular weight excluding hydrogens is 577 g/mol. The van der Waals surface area contributed by atoms with Crippen molar-refractivity contribution in [2.75, 3.05) is 31.3 Å². The number of likely N-dealkylation sites (tertiary alicyclic amines) is 1. The smallest absolute Gasteiger partial charge is 0.416 e. The van der Waals surface area contributed by atoms with Gasteiger partial charge in [-0.05, 0) is 57.2 Å². The summed E-state index contributed by atoms with van der Waals surface area (Å²) in [6.45, 7) is 5.84. The van der Waals surface area contributed by atoms with E-state index < -0.39 is 49.6 Å². The molecule has 4 rings (SSSR count). The Morgan fingerprint density at radius 1 is 1.05 bits per heavy atom. The van der Waals surface area contributed by atoms with E-state index >= 15 is 0 Å². The van der Waals surface area contributed by atoms with Crippen LogP contribution in [0.25, 0.3) is 11.1 Å². The fraction of sp³-hybridized carbons (Fsp3) is 0.357. The zero-order chi connectivity index (χ0) is 31.0. The largest absolute Gasteiger partial charge is 0.470 e. The monoisotopic (exact) mass is 606 g/mol. The van der Waals surface area contributed by atoms with Crippen molar-refractivity contribution in [2.45, 2.75) is 43.5 Å². The molecule has 0 spiro atoms. The normalized spacial score (nSPS) is 14.2. The highest BCUT2D eigenvalue weighted by Crippen LogP contribution is 2.37.